The molecule has 2 aromatic heterocycles. The number of fused-ring (bicyclic) bond motifs is 3. The number of anilines is 2. The average molecular weight is 887 g/mol. The second kappa shape index (κ2) is 19.0. The number of ether oxygens (including phenoxy) is 2. The van der Waals surface area contributed by atoms with Gasteiger partial charge in [-0.1, -0.05) is 44.6 Å². The van der Waals surface area contributed by atoms with Crippen LogP contribution in [0.5, 0.6) is 11.5 Å². The maximum atomic E-state index is 14.7. The summed E-state index contributed by atoms with van der Waals surface area (Å²) >= 11 is 1.47. The summed E-state index contributed by atoms with van der Waals surface area (Å²) < 4.78 is 42.2. The molecule has 0 unspecified atom stereocenters. The number of carbonyl (C=O) groups is 3. The fourth-order valence-electron chi connectivity index (χ4n) is 8.30. The number of hydrogen-bond donors (Lipinski definition) is 5. The minimum atomic E-state index is -4.35. The van der Waals surface area contributed by atoms with Crippen LogP contribution in [0.25, 0.3) is 22.3 Å². The molecule has 4 heterocycles. The Labute approximate surface area is 367 Å². The number of carbonyl (C=O) groups excluding carboxylic acids is 3. The van der Waals surface area contributed by atoms with Crippen molar-refractivity contribution in [1.29, 1.82) is 0 Å². The van der Waals surface area contributed by atoms with E-state index in [1.165, 1.54) is 22.3 Å². The van der Waals surface area contributed by atoms with Crippen LogP contribution in [0, 0.1) is 11.8 Å². The maximum absolute atomic E-state index is 14.7. The van der Waals surface area contributed by atoms with Gasteiger partial charge in [-0.2, -0.15) is 0 Å². The lowest BCUT2D eigenvalue weighted by atomic mass is 10.0. The monoisotopic (exact) mass is 886 g/mol. The minimum Gasteiger partial charge on any atom is -0.497 e. The van der Waals surface area contributed by atoms with Crippen molar-refractivity contribution in [2.45, 2.75) is 114 Å². The van der Waals surface area contributed by atoms with Crippen LogP contribution < -0.4 is 35.9 Å². The Balaban J connectivity index is 1.19. The summed E-state index contributed by atoms with van der Waals surface area (Å²) in [6.45, 7) is 8.79. The normalized spacial score (nSPS) is 23.5. The summed E-state index contributed by atoms with van der Waals surface area (Å²) in [4.78, 5) is 54.1. The number of likely N-dealkylation sites (tertiary alicyclic amines) is 1. The molecule has 7 rings (SSSR count). The predicted molar refractivity (Wildman–Crippen MR) is 242 cm³/mol. The highest BCUT2D eigenvalue weighted by Crippen LogP contribution is 2.46. The van der Waals surface area contributed by atoms with Crippen LogP contribution in [0.4, 0.5) is 10.8 Å². The molecule has 15 nitrogen and oxygen atoms in total. The molecule has 5 atom stereocenters. The summed E-state index contributed by atoms with van der Waals surface area (Å²) in [5, 5.41) is 12.9. The summed E-state index contributed by atoms with van der Waals surface area (Å²) in [6, 6.07) is 12.5. The second-order valence-electron chi connectivity index (χ2n) is 17.3. The minimum absolute atomic E-state index is 0.00998. The van der Waals surface area contributed by atoms with Crippen molar-refractivity contribution in [2.24, 2.45) is 17.6 Å². The molecule has 2 aliphatic heterocycles. The van der Waals surface area contributed by atoms with Gasteiger partial charge in [0.25, 0.3) is 15.9 Å². The van der Waals surface area contributed by atoms with Gasteiger partial charge < -0.3 is 36.1 Å². The third-order valence-corrected chi connectivity index (χ3v) is 13.6. The number of pyridine rings is 1. The molecule has 17 heteroatoms. The fourth-order valence-corrected chi connectivity index (χ4v) is 10.4. The topological polar surface area (TPSA) is 207 Å². The first-order valence-electron chi connectivity index (χ1n) is 21.5. The summed E-state index contributed by atoms with van der Waals surface area (Å²) in [7, 11) is -2.76. The number of nitrogens with one attached hydrogen (secondary N) is 4. The summed E-state index contributed by atoms with van der Waals surface area (Å²) in [5.74, 6) is -0.844. The van der Waals surface area contributed by atoms with Crippen molar-refractivity contribution in [3.63, 3.8) is 0 Å². The number of allylic oxidation sites excluding steroid dienone is 1. The smallest absolute Gasteiger partial charge is 0.266 e. The fraction of sp³-hybridized carbons (Fsp3) is 0.489. The van der Waals surface area contributed by atoms with Crippen molar-refractivity contribution in [2.75, 3.05) is 30.8 Å². The molecule has 0 bridgehead atoms. The number of para-hydroxylation sites is 1. The van der Waals surface area contributed by atoms with Crippen LogP contribution in [0.2, 0.25) is 0 Å². The van der Waals surface area contributed by atoms with Crippen LogP contribution in [0.3, 0.4) is 0 Å². The van der Waals surface area contributed by atoms with Crippen LogP contribution in [-0.4, -0.2) is 91.0 Å². The van der Waals surface area contributed by atoms with Crippen molar-refractivity contribution in [3.05, 3.63) is 66.1 Å². The van der Waals surface area contributed by atoms with Crippen molar-refractivity contribution in [1.82, 2.24) is 24.9 Å². The van der Waals surface area contributed by atoms with Crippen LogP contribution in [0.1, 0.15) is 79.1 Å². The van der Waals surface area contributed by atoms with Gasteiger partial charge in [0.05, 0.1) is 30.6 Å². The molecule has 1 saturated carbocycles. The molecule has 62 heavy (non-hydrogen) atoms. The number of benzene rings is 2. The first-order chi connectivity index (χ1) is 29.6. The predicted octanol–water partition coefficient (Wildman–Crippen LogP) is 6.22. The van der Waals surface area contributed by atoms with E-state index in [0.717, 1.165) is 30.8 Å². The van der Waals surface area contributed by atoms with E-state index in [4.69, 9.17) is 25.2 Å². The van der Waals surface area contributed by atoms with Crippen LogP contribution >= 0.6 is 11.3 Å². The molecule has 1 saturated heterocycles. The Bertz CT molecular complexity index is 2420. The Hall–Kier alpha value is -5.26. The van der Waals surface area contributed by atoms with E-state index < -0.39 is 51.5 Å². The summed E-state index contributed by atoms with van der Waals surface area (Å²) in [5.41, 5.74) is 7.12. The number of nitrogens with two attached hydrogens (primary N) is 1. The number of sulfonamides is 1. The molecule has 3 amide bonds. The van der Waals surface area contributed by atoms with Gasteiger partial charge in [-0.15, -0.1) is 11.3 Å². The van der Waals surface area contributed by atoms with Crippen LogP contribution in [-0.2, 0) is 24.4 Å². The number of hydrogen-bond acceptors (Lipinski definition) is 13. The zero-order valence-corrected chi connectivity index (χ0v) is 37.6. The van der Waals surface area contributed by atoms with E-state index in [1.54, 1.807) is 25.3 Å². The molecule has 4 aromatic rings. The Morgan fingerprint density at radius 2 is 1.87 bits per heavy atom. The standard InChI is InChI=1S/C45H58N8O7S2/c1-27(2)19-30(46)20-41(54)53-25-32(60-39-23-36(37-26-61-44(50-37)48-28(3)4)49-35-21-31(59-5)16-17-33(35)39)22-38(53)42(55)51-45-24-29(45)13-9-7-6-8-12-18-47-34-14-10-11-15-40(34)62(57,58)52-43(45)56/h9-11,13-17,21,23,26-30,32,38,47H,6-8,12,18-20,22,24-25,46H2,1-5H3,(H,48,50)(H,51,55)(H,52,56)/b13-9-/t29-,30-,32+,38-,45+/m0/s1. The van der Waals surface area contributed by atoms with Crippen molar-refractivity contribution in [3.8, 4) is 22.9 Å². The van der Waals surface area contributed by atoms with Gasteiger partial charge in [-0.05, 0) is 76.1 Å². The van der Waals surface area contributed by atoms with Gasteiger partial charge in [0.2, 0.25) is 11.8 Å². The molecule has 0 radical (unpaired) electrons. The second-order valence-corrected chi connectivity index (χ2v) is 19.8. The third kappa shape index (κ3) is 10.3. The van der Waals surface area contributed by atoms with E-state index in [1.807, 2.05) is 69.5 Å². The van der Waals surface area contributed by atoms with E-state index in [9.17, 15) is 22.8 Å². The largest absolute Gasteiger partial charge is 0.497 e. The number of rotatable bonds is 12. The molecular formula is C45H58N8O7S2. The van der Waals surface area contributed by atoms with Crippen molar-refractivity contribution >= 4 is 60.8 Å². The first kappa shape index (κ1) is 44.8. The molecular weight excluding hydrogens is 829 g/mol. The van der Waals surface area contributed by atoms with E-state index in [-0.39, 0.29) is 48.6 Å². The molecule has 1 aliphatic carbocycles. The third-order valence-electron chi connectivity index (χ3n) is 11.4. The van der Waals surface area contributed by atoms with E-state index >= 15 is 0 Å². The van der Waals surface area contributed by atoms with Gasteiger partial charge in [0.1, 0.15) is 39.8 Å². The SMILES string of the molecule is COc1ccc2c(O[C@@H]3C[C@@H](C(=O)N[C@]45C[C@@H]4/C=C\CCCCCNc4ccccc4S(=O)(=O)NC5=O)N(C(=O)C[C@@H](N)CC(C)C)C3)cc(-c3csc(NC(C)C)n3)nc2c1. The molecule has 0 spiro atoms. The lowest BCUT2D eigenvalue weighted by Gasteiger charge is -2.27. The number of methoxy groups -OCH3 is 1. The zero-order chi connectivity index (χ0) is 44.2. The number of nitrogens with zero attached hydrogens (tertiary/aromatic N) is 3. The Kier molecular flexibility index (Phi) is 13.7. The quantitative estimate of drug-likeness (QED) is 0.101. The number of thiazole rings is 1. The molecule has 332 valence electrons. The molecule has 2 aromatic carbocycles. The average Bonchev–Trinajstić information content (AvgIpc) is 3.48. The Morgan fingerprint density at radius 1 is 1.06 bits per heavy atom. The van der Waals surface area contributed by atoms with Gasteiger partial charge in [0.15, 0.2) is 5.13 Å². The molecule has 3 aliphatic rings. The van der Waals surface area contributed by atoms with E-state index in [0.29, 0.717) is 52.4 Å². The van der Waals surface area contributed by atoms with Crippen molar-refractivity contribution < 1.29 is 32.3 Å². The maximum Gasteiger partial charge on any atom is 0.266 e. The summed E-state index contributed by atoms with van der Waals surface area (Å²) in [6.07, 6.45) is 7.60. The highest BCUT2D eigenvalue weighted by Gasteiger charge is 2.61. The van der Waals surface area contributed by atoms with Gasteiger partial charge in [-0.25, -0.2) is 23.1 Å². The lowest BCUT2D eigenvalue weighted by molar-refractivity contribution is -0.140. The number of aromatic nitrogens is 2. The van der Waals surface area contributed by atoms with Gasteiger partial charge in [-0.3, -0.25) is 14.4 Å². The van der Waals surface area contributed by atoms with E-state index in [2.05, 4.69) is 20.7 Å². The highest BCUT2D eigenvalue weighted by atomic mass is 32.2. The Morgan fingerprint density at radius 3 is 2.65 bits per heavy atom. The van der Waals surface area contributed by atoms with Gasteiger partial charge >= 0.3 is 0 Å². The van der Waals surface area contributed by atoms with Gasteiger partial charge in [0, 0.05) is 60.3 Å². The first-order valence-corrected chi connectivity index (χ1v) is 23.8. The molecule has 2 fully saturated rings. The van der Waals surface area contributed by atoms with Crippen LogP contribution in [0.15, 0.2) is 71.0 Å². The number of amides is 3. The highest BCUT2D eigenvalue weighted by molar-refractivity contribution is 7.90. The molecule has 6 N–H and O–H groups in total. The lowest BCUT2D eigenvalue weighted by Crippen LogP contribution is -2.56. The zero-order valence-electron chi connectivity index (χ0n) is 36.0.